The van der Waals surface area contributed by atoms with Gasteiger partial charge in [-0.15, -0.1) is 0 Å². The van der Waals surface area contributed by atoms with Gasteiger partial charge in [-0.1, -0.05) is 43.1 Å². The van der Waals surface area contributed by atoms with E-state index in [9.17, 15) is 5.11 Å². The highest BCUT2D eigenvalue weighted by Crippen LogP contribution is 2.30. The fourth-order valence-corrected chi connectivity index (χ4v) is 2.01. The maximum absolute atomic E-state index is 9.31. The Morgan fingerprint density at radius 1 is 1.25 bits per heavy atom. The van der Waals surface area contributed by atoms with E-state index in [1.165, 1.54) is 0 Å². The molecule has 2 atom stereocenters. The Kier molecular flexibility index (Phi) is 5.06. The van der Waals surface area contributed by atoms with Gasteiger partial charge in [0.1, 0.15) is 0 Å². The first-order chi connectivity index (χ1) is 7.47. The summed E-state index contributed by atoms with van der Waals surface area (Å²) in [5.74, 6) is 0.340. The monoisotopic (exact) mass is 261 g/mol. The van der Waals surface area contributed by atoms with Crippen LogP contribution in [-0.4, -0.2) is 11.7 Å². The molecule has 0 bridgehead atoms. The van der Waals surface area contributed by atoms with Crippen LogP contribution in [0.5, 0.6) is 0 Å². The lowest BCUT2D eigenvalue weighted by Gasteiger charge is -2.25. The SMILES string of the molecule is CC(C)C(CO)C(N)c1ccc(Cl)c(Cl)c1. The van der Waals surface area contributed by atoms with Gasteiger partial charge in [0.05, 0.1) is 10.0 Å². The van der Waals surface area contributed by atoms with Crippen LogP contribution >= 0.6 is 23.2 Å². The molecule has 0 aliphatic rings. The Balaban J connectivity index is 2.94. The molecule has 1 aromatic rings. The summed E-state index contributed by atoms with van der Waals surface area (Å²) >= 11 is 11.8. The van der Waals surface area contributed by atoms with E-state index < -0.39 is 0 Å². The van der Waals surface area contributed by atoms with Crippen LogP contribution in [0.4, 0.5) is 0 Å². The number of benzene rings is 1. The van der Waals surface area contributed by atoms with Crippen LogP contribution < -0.4 is 5.73 Å². The van der Waals surface area contributed by atoms with Gasteiger partial charge in [-0.2, -0.15) is 0 Å². The maximum atomic E-state index is 9.31. The van der Waals surface area contributed by atoms with Gasteiger partial charge in [0.15, 0.2) is 0 Å². The van der Waals surface area contributed by atoms with Gasteiger partial charge in [0.2, 0.25) is 0 Å². The van der Waals surface area contributed by atoms with E-state index in [2.05, 4.69) is 0 Å². The maximum Gasteiger partial charge on any atom is 0.0595 e. The summed E-state index contributed by atoms with van der Waals surface area (Å²) in [4.78, 5) is 0. The van der Waals surface area contributed by atoms with Crippen LogP contribution in [0.1, 0.15) is 25.5 Å². The van der Waals surface area contributed by atoms with E-state index in [-0.39, 0.29) is 18.6 Å². The zero-order valence-electron chi connectivity index (χ0n) is 9.45. The van der Waals surface area contributed by atoms with Crippen LogP contribution in [0, 0.1) is 11.8 Å². The number of hydrogen-bond acceptors (Lipinski definition) is 2. The fraction of sp³-hybridized carbons (Fsp3) is 0.500. The van der Waals surface area contributed by atoms with Gasteiger partial charge in [0.25, 0.3) is 0 Å². The Bertz CT molecular complexity index is 355. The third-order valence-corrected chi connectivity index (χ3v) is 3.60. The topological polar surface area (TPSA) is 46.2 Å². The van der Waals surface area contributed by atoms with E-state index in [1.807, 2.05) is 19.9 Å². The average Bonchev–Trinajstić information content (AvgIpc) is 2.22. The molecular formula is C12H17Cl2NO. The minimum absolute atomic E-state index is 0.0252. The molecule has 1 rings (SSSR count). The van der Waals surface area contributed by atoms with Crippen molar-refractivity contribution in [3.8, 4) is 0 Å². The van der Waals surface area contributed by atoms with Crippen molar-refractivity contribution < 1.29 is 5.11 Å². The van der Waals surface area contributed by atoms with E-state index >= 15 is 0 Å². The predicted octanol–water partition coefficient (Wildman–Crippen LogP) is 3.26. The molecule has 0 aliphatic heterocycles. The normalized spacial score (nSPS) is 15.2. The third kappa shape index (κ3) is 3.11. The molecule has 16 heavy (non-hydrogen) atoms. The van der Waals surface area contributed by atoms with E-state index in [1.54, 1.807) is 12.1 Å². The Hall–Kier alpha value is -0.280. The van der Waals surface area contributed by atoms with Crippen molar-refractivity contribution in [2.24, 2.45) is 17.6 Å². The molecule has 0 amide bonds. The third-order valence-electron chi connectivity index (χ3n) is 2.86. The number of rotatable bonds is 4. The molecule has 1 aromatic carbocycles. The first-order valence-corrected chi connectivity index (χ1v) is 6.04. The van der Waals surface area contributed by atoms with Crippen molar-refractivity contribution in [3.05, 3.63) is 33.8 Å². The molecule has 0 saturated carbocycles. The summed E-state index contributed by atoms with van der Waals surface area (Å²) in [7, 11) is 0. The Labute approximate surface area is 106 Å². The predicted molar refractivity (Wildman–Crippen MR) is 68.8 cm³/mol. The van der Waals surface area contributed by atoms with Crippen molar-refractivity contribution in [2.45, 2.75) is 19.9 Å². The highest BCUT2D eigenvalue weighted by Gasteiger charge is 2.22. The van der Waals surface area contributed by atoms with E-state index in [0.717, 1.165) is 5.56 Å². The lowest BCUT2D eigenvalue weighted by molar-refractivity contribution is 0.166. The quantitative estimate of drug-likeness (QED) is 0.874. The molecule has 2 unspecified atom stereocenters. The van der Waals surface area contributed by atoms with Gasteiger partial charge in [-0.3, -0.25) is 0 Å². The molecule has 2 nitrogen and oxygen atoms in total. The summed E-state index contributed by atoms with van der Waals surface area (Å²) in [5, 5.41) is 10.3. The zero-order valence-corrected chi connectivity index (χ0v) is 11.0. The molecule has 90 valence electrons. The number of aliphatic hydroxyl groups is 1. The van der Waals surface area contributed by atoms with Crippen molar-refractivity contribution in [1.29, 1.82) is 0 Å². The second-order valence-electron chi connectivity index (χ2n) is 4.29. The number of nitrogens with two attached hydrogens (primary N) is 1. The first kappa shape index (κ1) is 13.8. The van der Waals surface area contributed by atoms with Gasteiger partial charge < -0.3 is 10.8 Å². The first-order valence-electron chi connectivity index (χ1n) is 5.28. The van der Waals surface area contributed by atoms with Gasteiger partial charge in [-0.05, 0) is 23.6 Å². The summed E-state index contributed by atoms with van der Waals surface area (Å²) < 4.78 is 0. The van der Waals surface area contributed by atoms with Crippen LogP contribution in [-0.2, 0) is 0 Å². The van der Waals surface area contributed by atoms with Crippen LogP contribution in [0.2, 0.25) is 10.0 Å². The molecular weight excluding hydrogens is 245 g/mol. The molecule has 0 radical (unpaired) electrons. The second-order valence-corrected chi connectivity index (χ2v) is 5.10. The van der Waals surface area contributed by atoms with E-state index in [4.69, 9.17) is 28.9 Å². The minimum atomic E-state index is -0.222. The molecule has 0 fully saturated rings. The molecule has 0 saturated heterocycles. The second kappa shape index (κ2) is 5.87. The lowest BCUT2D eigenvalue weighted by atomic mass is 9.86. The highest BCUT2D eigenvalue weighted by molar-refractivity contribution is 6.42. The largest absolute Gasteiger partial charge is 0.396 e. The Morgan fingerprint density at radius 3 is 2.31 bits per heavy atom. The standard InChI is InChI=1S/C12H17Cl2NO/c1-7(2)9(6-16)12(15)8-3-4-10(13)11(14)5-8/h3-5,7,9,12,16H,6,15H2,1-2H3. The highest BCUT2D eigenvalue weighted by atomic mass is 35.5. The molecule has 3 N–H and O–H groups in total. The number of hydrogen-bond donors (Lipinski definition) is 2. The molecule has 4 heteroatoms. The average molecular weight is 262 g/mol. The van der Waals surface area contributed by atoms with Gasteiger partial charge in [0, 0.05) is 18.6 Å². The fourth-order valence-electron chi connectivity index (χ4n) is 1.71. The number of halogens is 2. The summed E-state index contributed by atoms with van der Waals surface area (Å²) in [5.41, 5.74) is 7.01. The molecule has 0 heterocycles. The number of aliphatic hydroxyl groups excluding tert-OH is 1. The smallest absolute Gasteiger partial charge is 0.0595 e. The van der Waals surface area contributed by atoms with Crippen molar-refractivity contribution >= 4 is 23.2 Å². The molecule has 0 aliphatic carbocycles. The molecule has 0 spiro atoms. The van der Waals surface area contributed by atoms with Gasteiger partial charge in [-0.25, -0.2) is 0 Å². The summed E-state index contributed by atoms with van der Waals surface area (Å²) in [6, 6.07) is 5.12. The van der Waals surface area contributed by atoms with Gasteiger partial charge >= 0.3 is 0 Å². The zero-order chi connectivity index (χ0) is 12.3. The van der Waals surface area contributed by atoms with Crippen molar-refractivity contribution in [1.82, 2.24) is 0 Å². The lowest BCUT2D eigenvalue weighted by Crippen LogP contribution is -2.28. The molecule has 0 aromatic heterocycles. The van der Waals surface area contributed by atoms with Crippen molar-refractivity contribution in [3.63, 3.8) is 0 Å². The van der Waals surface area contributed by atoms with E-state index in [0.29, 0.717) is 16.0 Å². The van der Waals surface area contributed by atoms with Crippen LogP contribution in [0.3, 0.4) is 0 Å². The Morgan fingerprint density at radius 2 is 1.88 bits per heavy atom. The minimum Gasteiger partial charge on any atom is -0.396 e. The summed E-state index contributed by atoms with van der Waals surface area (Å²) in [6.45, 7) is 4.15. The van der Waals surface area contributed by atoms with Crippen molar-refractivity contribution in [2.75, 3.05) is 6.61 Å². The van der Waals surface area contributed by atoms with Crippen LogP contribution in [0.15, 0.2) is 18.2 Å². The summed E-state index contributed by atoms with van der Waals surface area (Å²) in [6.07, 6.45) is 0. The van der Waals surface area contributed by atoms with Crippen LogP contribution in [0.25, 0.3) is 0 Å².